The van der Waals surface area contributed by atoms with Gasteiger partial charge in [-0.3, -0.25) is 19.4 Å². The smallest absolute Gasteiger partial charge is 0.269 e. The second kappa shape index (κ2) is 7.46. The molecule has 148 valence electrons. The van der Waals surface area contributed by atoms with E-state index < -0.39 is 20.6 Å². The van der Waals surface area contributed by atoms with Gasteiger partial charge in [0.2, 0.25) is 0 Å². The van der Waals surface area contributed by atoms with Gasteiger partial charge in [-0.05, 0) is 28.5 Å². The van der Waals surface area contributed by atoms with Crippen LogP contribution in [0.3, 0.4) is 0 Å². The molecule has 1 aliphatic rings. The van der Waals surface area contributed by atoms with Gasteiger partial charge >= 0.3 is 0 Å². The number of benzene rings is 3. The SMILES string of the molecule is O=[N+]([O-])c1cc(S(=O)(=O)N2CCN=C2Cc2cccc3ccccc23)ccc1Cl. The van der Waals surface area contributed by atoms with Crippen LogP contribution >= 0.6 is 11.6 Å². The van der Waals surface area contributed by atoms with Crippen molar-refractivity contribution in [3.8, 4) is 0 Å². The molecule has 0 saturated carbocycles. The van der Waals surface area contributed by atoms with Crippen LogP contribution in [0, 0.1) is 10.1 Å². The second-order valence-corrected chi connectivity index (χ2v) is 8.83. The third-order valence-electron chi connectivity index (χ3n) is 4.82. The van der Waals surface area contributed by atoms with Crippen LogP contribution in [0.2, 0.25) is 5.02 Å². The minimum absolute atomic E-state index is 0.111. The van der Waals surface area contributed by atoms with Crippen molar-refractivity contribution in [3.05, 3.63) is 81.4 Å². The molecule has 0 N–H and O–H groups in total. The summed E-state index contributed by atoms with van der Waals surface area (Å²) in [7, 11) is -3.99. The number of aliphatic imine (C=N–C) groups is 1. The summed E-state index contributed by atoms with van der Waals surface area (Å²) >= 11 is 5.82. The highest BCUT2D eigenvalue weighted by Crippen LogP contribution is 2.30. The molecule has 3 aromatic rings. The van der Waals surface area contributed by atoms with Crippen molar-refractivity contribution >= 4 is 43.9 Å². The van der Waals surface area contributed by atoms with E-state index in [1.165, 1.54) is 16.4 Å². The van der Waals surface area contributed by atoms with E-state index in [1.54, 1.807) is 0 Å². The number of nitrogens with zero attached hydrogens (tertiary/aromatic N) is 3. The Kier molecular flexibility index (Phi) is 4.97. The Hall–Kier alpha value is -2.97. The number of fused-ring (bicyclic) bond motifs is 1. The number of rotatable bonds is 5. The van der Waals surface area contributed by atoms with E-state index in [1.807, 2.05) is 42.5 Å². The lowest BCUT2D eigenvalue weighted by Crippen LogP contribution is -2.35. The molecule has 0 aromatic heterocycles. The molecule has 0 amide bonds. The third-order valence-corrected chi connectivity index (χ3v) is 6.96. The quantitative estimate of drug-likeness (QED) is 0.451. The van der Waals surface area contributed by atoms with Gasteiger partial charge in [-0.2, -0.15) is 0 Å². The number of halogens is 1. The highest BCUT2D eigenvalue weighted by Gasteiger charge is 2.32. The first-order valence-corrected chi connectivity index (χ1v) is 10.7. The Morgan fingerprint density at radius 1 is 1.10 bits per heavy atom. The average molecular weight is 430 g/mol. The van der Waals surface area contributed by atoms with Crippen LogP contribution in [0.15, 0.2) is 70.6 Å². The highest BCUT2D eigenvalue weighted by molar-refractivity contribution is 7.89. The lowest BCUT2D eigenvalue weighted by atomic mass is 10.0. The Morgan fingerprint density at radius 3 is 2.66 bits per heavy atom. The van der Waals surface area contributed by atoms with Crippen LogP contribution in [-0.4, -0.2) is 36.6 Å². The first-order chi connectivity index (χ1) is 13.9. The average Bonchev–Trinajstić information content (AvgIpc) is 3.17. The first kappa shape index (κ1) is 19.4. The molecule has 0 saturated heterocycles. The molecule has 0 aliphatic carbocycles. The van der Waals surface area contributed by atoms with Crippen molar-refractivity contribution in [2.45, 2.75) is 11.3 Å². The molecule has 0 radical (unpaired) electrons. The molecule has 1 heterocycles. The van der Waals surface area contributed by atoms with Crippen molar-refractivity contribution < 1.29 is 13.3 Å². The van der Waals surface area contributed by atoms with E-state index in [0.717, 1.165) is 22.4 Å². The largest absolute Gasteiger partial charge is 0.289 e. The summed E-state index contributed by atoms with van der Waals surface area (Å²) in [5.41, 5.74) is 0.519. The molecule has 9 heteroatoms. The molecular weight excluding hydrogens is 414 g/mol. The Labute approximate surface area is 172 Å². The molecule has 0 bridgehead atoms. The minimum atomic E-state index is -3.99. The number of sulfonamides is 1. The van der Waals surface area contributed by atoms with E-state index in [9.17, 15) is 18.5 Å². The molecule has 1 aliphatic heterocycles. The fourth-order valence-electron chi connectivity index (χ4n) is 3.42. The van der Waals surface area contributed by atoms with Crippen LogP contribution in [0.4, 0.5) is 5.69 Å². The van der Waals surface area contributed by atoms with Crippen molar-refractivity contribution in [2.24, 2.45) is 4.99 Å². The van der Waals surface area contributed by atoms with Crippen LogP contribution in [0.5, 0.6) is 0 Å². The number of hydrogen-bond acceptors (Lipinski definition) is 5. The normalized spacial score (nSPS) is 14.2. The summed E-state index contributed by atoms with van der Waals surface area (Å²) in [6.45, 7) is 0.536. The summed E-state index contributed by atoms with van der Waals surface area (Å²) in [6.07, 6.45) is 0.344. The number of nitro benzene ring substituents is 1. The summed E-state index contributed by atoms with van der Waals surface area (Å²) in [4.78, 5) is 14.7. The molecule has 0 fully saturated rings. The van der Waals surface area contributed by atoms with Crippen LogP contribution < -0.4 is 0 Å². The zero-order valence-electron chi connectivity index (χ0n) is 15.2. The molecule has 3 aromatic carbocycles. The highest BCUT2D eigenvalue weighted by atomic mass is 35.5. The Morgan fingerprint density at radius 2 is 1.86 bits per heavy atom. The molecular formula is C20H16ClN3O4S. The van der Waals surface area contributed by atoms with Gasteiger partial charge in [-0.25, -0.2) is 8.42 Å². The summed E-state index contributed by atoms with van der Waals surface area (Å²) < 4.78 is 27.6. The van der Waals surface area contributed by atoms with Crippen LogP contribution in [-0.2, 0) is 16.4 Å². The molecule has 29 heavy (non-hydrogen) atoms. The second-order valence-electron chi connectivity index (χ2n) is 6.56. The fourth-order valence-corrected chi connectivity index (χ4v) is 5.08. The van der Waals surface area contributed by atoms with Crippen LogP contribution in [0.25, 0.3) is 10.8 Å². The van der Waals surface area contributed by atoms with Crippen molar-refractivity contribution in [3.63, 3.8) is 0 Å². The maximum absolute atomic E-state index is 13.2. The Balaban J connectivity index is 1.69. The van der Waals surface area contributed by atoms with Crippen molar-refractivity contribution in [1.29, 1.82) is 0 Å². The van der Waals surface area contributed by atoms with Gasteiger partial charge in [0, 0.05) is 12.5 Å². The topological polar surface area (TPSA) is 92.9 Å². The van der Waals surface area contributed by atoms with Crippen LogP contribution in [0.1, 0.15) is 5.56 Å². The van der Waals surface area contributed by atoms with Gasteiger partial charge in [0.15, 0.2) is 0 Å². The zero-order valence-corrected chi connectivity index (χ0v) is 16.7. The maximum Gasteiger partial charge on any atom is 0.289 e. The van der Waals surface area contributed by atoms with E-state index in [0.29, 0.717) is 18.8 Å². The van der Waals surface area contributed by atoms with Crippen molar-refractivity contribution in [2.75, 3.05) is 13.1 Å². The predicted octanol–water partition coefficient (Wildman–Crippen LogP) is 4.05. The van der Waals surface area contributed by atoms with Gasteiger partial charge in [-0.1, -0.05) is 54.1 Å². The van der Waals surface area contributed by atoms with E-state index in [2.05, 4.69) is 4.99 Å². The molecule has 0 unspecified atom stereocenters. The zero-order chi connectivity index (χ0) is 20.6. The van der Waals surface area contributed by atoms with Gasteiger partial charge < -0.3 is 0 Å². The lowest BCUT2D eigenvalue weighted by molar-refractivity contribution is -0.384. The van der Waals surface area contributed by atoms with Gasteiger partial charge in [0.05, 0.1) is 22.9 Å². The Bertz CT molecular complexity index is 1250. The first-order valence-electron chi connectivity index (χ1n) is 8.84. The third kappa shape index (κ3) is 3.56. The number of amidine groups is 1. The lowest BCUT2D eigenvalue weighted by Gasteiger charge is -2.21. The van der Waals surface area contributed by atoms with E-state index >= 15 is 0 Å². The monoisotopic (exact) mass is 429 g/mol. The number of nitro groups is 1. The van der Waals surface area contributed by atoms with Gasteiger partial charge in [0.1, 0.15) is 10.9 Å². The van der Waals surface area contributed by atoms with Crippen molar-refractivity contribution in [1.82, 2.24) is 4.31 Å². The molecule has 7 nitrogen and oxygen atoms in total. The van der Waals surface area contributed by atoms with E-state index in [4.69, 9.17) is 11.6 Å². The fraction of sp³-hybridized carbons (Fsp3) is 0.150. The summed E-state index contributed by atoms with van der Waals surface area (Å²) in [5, 5.41) is 13.1. The van der Waals surface area contributed by atoms with E-state index in [-0.39, 0.29) is 16.5 Å². The summed E-state index contributed by atoms with van der Waals surface area (Å²) in [6, 6.07) is 17.2. The maximum atomic E-state index is 13.2. The molecule has 4 rings (SSSR count). The van der Waals surface area contributed by atoms with Gasteiger partial charge in [0.25, 0.3) is 15.7 Å². The van der Waals surface area contributed by atoms with Gasteiger partial charge in [-0.15, -0.1) is 0 Å². The summed E-state index contributed by atoms with van der Waals surface area (Å²) in [5.74, 6) is 0.416. The molecule has 0 atom stereocenters. The number of hydrogen-bond donors (Lipinski definition) is 0. The predicted molar refractivity (Wildman–Crippen MR) is 112 cm³/mol. The minimum Gasteiger partial charge on any atom is -0.269 e. The molecule has 0 spiro atoms. The standard InChI is InChI=1S/C20H16ClN3O4S/c21-18-9-8-16(13-19(18)24(25)26)29(27,28)23-11-10-22-20(23)12-15-6-3-5-14-4-1-2-7-17(14)15/h1-9,13H,10-12H2.